The molecule has 4 saturated heterocycles. The summed E-state index contributed by atoms with van der Waals surface area (Å²) in [6.45, 7) is 4.62. The Kier molecular flexibility index (Phi) is 29.0. The van der Waals surface area contributed by atoms with Gasteiger partial charge in [0, 0.05) is 65.4 Å². The van der Waals surface area contributed by atoms with Gasteiger partial charge in [-0.05, 0) is 0 Å². The molecule has 0 aromatic carbocycles. The Morgan fingerprint density at radius 2 is 0.772 bits per heavy atom. The average molecular weight is 989 g/mol. The summed E-state index contributed by atoms with van der Waals surface area (Å²) in [5, 5.41) is 134. The third-order valence-electron chi connectivity index (χ3n) is 8.63. The van der Waals surface area contributed by atoms with Gasteiger partial charge < -0.3 is 124 Å². The third-order valence-corrected chi connectivity index (χ3v) is 8.63. The first-order valence-electron chi connectivity index (χ1n) is 16.6. The van der Waals surface area contributed by atoms with E-state index >= 15 is 0 Å². The van der Waals surface area contributed by atoms with E-state index in [0.717, 1.165) is 6.47 Å². The van der Waals surface area contributed by atoms with Crippen molar-refractivity contribution in [1.29, 1.82) is 0 Å². The molecular weight excluding hydrogens is 938 g/mol. The van der Waals surface area contributed by atoms with Crippen molar-refractivity contribution in [2.24, 2.45) is 0 Å². The standard InChI is InChI=1S/C15H24O12.C14H25O11.CHO2.2Y/c1-2-23-15-13(9(20)8(19)6(3-16)25-15)27-14-11(22)10(21)12(24-5-18)7(4-17)26-14;1-2-22-14-12(10(20)8(18)6(4-16)24-14)25-13-11(21)9(19)7(17)5(3-15)23-13;2-1-3;;/h2,6-17,19-22H,3-4H2,1H3;2,5-21H,3-4H2,1H3;(H,2,3);;/q-2;2*-1;;/t6?,7?,8-,9+,10-,11?,12-,13?,14+,15+;5?,6?,7-,8-,9+,10+,11?,12?,13+,14+;;;/m11.../s1. The first kappa shape index (κ1) is 57.3. The summed E-state index contributed by atoms with van der Waals surface area (Å²) in [7, 11) is 0. The van der Waals surface area contributed by atoms with Crippen LogP contribution in [0.5, 0.6) is 0 Å². The molecule has 0 spiro atoms. The topological polar surface area (TPSA) is 400 Å². The minimum absolute atomic E-state index is 0. The number of aliphatic hydroxyl groups is 13. The predicted molar refractivity (Wildman–Crippen MR) is 168 cm³/mol. The number of hydrogen-bond donors (Lipinski definition) is 14. The molecule has 0 saturated carbocycles. The molecule has 2 radical (unpaired) electrons. The van der Waals surface area contributed by atoms with Crippen LogP contribution in [0.15, 0.2) is 0 Å². The van der Waals surface area contributed by atoms with Crippen LogP contribution in [-0.2, 0) is 118 Å². The van der Waals surface area contributed by atoms with E-state index in [0.29, 0.717) is 6.47 Å². The van der Waals surface area contributed by atoms with Crippen LogP contribution >= 0.6 is 0 Å². The Morgan fingerprint density at radius 1 is 0.474 bits per heavy atom. The van der Waals surface area contributed by atoms with E-state index in [-0.39, 0.29) is 65.4 Å². The van der Waals surface area contributed by atoms with Crippen LogP contribution in [-0.4, -0.2) is 234 Å². The summed E-state index contributed by atoms with van der Waals surface area (Å²) in [4.78, 5) is 18.6. The number of ether oxygens (including phenoxy) is 9. The molecule has 0 bridgehead atoms. The Labute approximate surface area is 376 Å². The zero-order chi connectivity index (χ0) is 41.6. The molecule has 4 heterocycles. The monoisotopic (exact) mass is 988 g/mol. The van der Waals surface area contributed by atoms with Gasteiger partial charge >= 0.3 is 0 Å². The minimum Gasteiger partial charge on any atom is -0.665 e. The van der Waals surface area contributed by atoms with Crippen molar-refractivity contribution >= 4 is 12.9 Å². The summed E-state index contributed by atoms with van der Waals surface area (Å²) in [6.07, 6.45) is -29.0. The quantitative estimate of drug-likeness (QED) is 0.0719. The van der Waals surface area contributed by atoms with Crippen molar-refractivity contribution in [3.05, 3.63) is 13.2 Å². The van der Waals surface area contributed by atoms with Gasteiger partial charge in [-0.2, -0.15) is 13.8 Å². The second-order valence-electron chi connectivity index (χ2n) is 12.0. The summed E-state index contributed by atoms with van der Waals surface area (Å²) in [5.74, 6) is 0. The van der Waals surface area contributed by atoms with Gasteiger partial charge in [0.2, 0.25) is 0 Å². The summed E-state index contributed by atoms with van der Waals surface area (Å²) >= 11 is 0. The summed E-state index contributed by atoms with van der Waals surface area (Å²) < 4.78 is 46.9. The third kappa shape index (κ3) is 15.0. The fraction of sp³-hybridized carbons (Fsp3) is 0.867. The van der Waals surface area contributed by atoms with Gasteiger partial charge in [-0.15, -0.1) is 0 Å². The van der Waals surface area contributed by atoms with Crippen LogP contribution in [0.2, 0.25) is 0 Å². The van der Waals surface area contributed by atoms with Gasteiger partial charge in [-0.25, -0.2) is 13.2 Å². The van der Waals surface area contributed by atoms with E-state index in [4.69, 9.17) is 47.8 Å². The van der Waals surface area contributed by atoms with Crippen molar-refractivity contribution < 1.29 is 189 Å². The van der Waals surface area contributed by atoms with Crippen molar-refractivity contribution in [2.75, 3.05) is 26.4 Å². The molecule has 14 N–H and O–H groups in total. The molecule has 25 nitrogen and oxygen atoms in total. The van der Waals surface area contributed by atoms with Gasteiger partial charge in [0.25, 0.3) is 0 Å². The van der Waals surface area contributed by atoms with Crippen molar-refractivity contribution in [3.8, 4) is 0 Å². The second-order valence-corrected chi connectivity index (χ2v) is 12.0. The Hall–Kier alpha value is 0.308. The van der Waals surface area contributed by atoms with E-state index in [9.17, 15) is 71.2 Å². The van der Waals surface area contributed by atoms with Gasteiger partial charge in [0.15, 0.2) is 25.2 Å². The van der Waals surface area contributed by atoms with E-state index in [1.54, 1.807) is 0 Å². The number of rotatable bonds is 14. The zero-order valence-electron chi connectivity index (χ0n) is 30.4. The normalized spacial score (nSPS) is 43.0. The number of hydrogen-bond acceptors (Lipinski definition) is 24. The molecule has 4 fully saturated rings. The first-order valence-corrected chi connectivity index (χ1v) is 16.6. The first-order chi connectivity index (χ1) is 26.2. The SMILES string of the molecule is C[CH-]O[C@H]1OC(CO)[C@@H](O)[C@H](O)C1O[C@@H]1OC(CO)[C@@H](O)[C@H](O)C1O.C[CH-]O[C@H]1OC(CO)[C@@H](O)[C@H](O)C1O[C@@H]1OC(CO)[C@@H](O[C-]=O)[C@H](O)C1O.O=[C-]O.[Y].[Y]. The van der Waals surface area contributed by atoms with Crippen LogP contribution in [0, 0.1) is 13.2 Å². The second kappa shape index (κ2) is 28.8. The van der Waals surface area contributed by atoms with Gasteiger partial charge in [0.05, 0.1) is 26.4 Å². The van der Waals surface area contributed by atoms with E-state index in [1.807, 2.05) is 0 Å². The molecular formula is C30H50O25Y2-4. The summed E-state index contributed by atoms with van der Waals surface area (Å²) in [6, 6.07) is 0. The smallest absolute Gasteiger partial charge is 0.187 e. The largest absolute Gasteiger partial charge is 0.665 e. The van der Waals surface area contributed by atoms with Crippen LogP contribution < -0.4 is 0 Å². The van der Waals surface area contributed by atoms with Crippen LogP contribution in [0.4, 0.5) is 0 Å². The maximum absolute atomic E-state index is 10.4. The maximum atomic E-state index is 10.4. The van der Waals surface area contributed by atoms with Gasteiger partial charge in [-0.1, -0.05) is 12.9 Å². The van der Waals surface area contributed by atoms with Crippen molar-refractivity contribution in [3.63, 3.8) is 0 Å². The van der Waals surface area contributed by atoms with E-state index in [1.165, 1.54) is 27.1 Å². The molecule has 330 valence electrons. The molecule has 27 heteroatoms. The zero-order valence-corrected chi connectivity index (χ0v) is 36.1. The number of aliphatic hydroxyl groups excluding tert-OH is 14. The van der Waals surface area contributed by atoms with Crippen LogP contribution in [0.25, 0.3) is 0 Å². The van der Waals surface area contributed by atoms with Crippen LogP contribution in [0.3, 0.4) is 0 Å². The summed E-state index contributed by atoms with van der Waals surface area (Å²) in [5.41, 5.74) is 0. The predicted octanol–water partition coefficient (Wildman–Crippen LogP) is -8.68. The molecule has 0 aliphatic carbocycles. The fourth-order valence-electron chi connectivity index (χ4n) is 5.75. The average Bonchev–Trinajstić information content (AvgIpc) is 3.17. The van der Waals surface area contributed by atoms with Gasteiger partial charge in [-0.3, -0.25) is 0 Å². The van der Waals surface area contributed by atoms with E-state index in [2.05, 4.69) is 4.74 Å². The molecule has 4 rings (SSSR count). The molecule has 0 amide bonds. The maximum Gasteiger partial charge on any atom is 0.187 e. The molecule has 8 unspecified atom stereocenters. The molecule has 20 atom stereocenters. The fourth-order valence-corrected chi connectivity index (χ4v) is 5.75. The molecule has 0 aromatic heterocycles. The van der Waals surface area contributed by atoms with Crippen molar-refractivity contribution in [1.82, 2.24) is 0 Å². The Balaban J connectivity index is 0.000000998. The van der Waals surface area contributed by atoms with E-state index < -0.39 is 149 Å². The minimum atomic E-state index is -1.74. The van der Waals surface area contributed by atoms with Gasteiger partial charge in [0.1, 0.15) is 97.7 Å². The molecule has 0 aromatic rings. The molecule has 4 aliphatic heterocycles. The Bertz CT molecular complexity index is 1090. The molecule has 57 heavy (non-hydrogen) atoms. The molecule has 4 aliphatic rings. The van der Waals surface area contributed by atoms with Crippen molar-refractivity contribution in [2.45, 2.75) is 137 Å². The number of carbonyl (C=O) groups excluding carboxylic acids is 1. The Morgan fingerprint density at radius 3 is 1.11 bits per heavy atom. The van der Waals surface area contributed by atoms with Crippen LogP contribution in [0.1, 0.15) is 13.8 Å².